The molecule has 0 spiro atoms. The normalized spacial score (nSPS) is 23.1. The summed E-state index contributed by atoms with van der Waals surface area (Å²) < 4.78 is 13.1. The molecule has 0 saturated heterocycles. The van der Waals surface area contributed by atoms with Gasteiger partial charge in [0.15, 0.2) is 0 Å². The number of aliphatic hydroxyl groups is 1. The summed E-state index contributed by atoms with van der Waals surface area (Å²) in [4.78, 5) is 11.8. The summed E-state index contributed by atoms with van der Waals surface area (Å²) in [6.07, 6.45) is 1.83. The summed E-state index contributed by atoms with van der Waals surface area (Å²) in [7, 11) is 0. The highest BCUT2D eigenvalue weighted by Gasteiger charge is 2.31. The predicted molar refractivity (Wildman–Crippen MR) is 66.3 cm³/mol. The lowest BCUT2D eigenvalue weighted by molar-refractivity contribution is -0.127. The fourth-order valence-electron chi connectivity index (χ4n) is 2.38. The molecule has 0 radical (unpaired) electrons. The van der Waals surface area contributed by atoms with Crippen molar-refractivity contribution in [1.29, 1.82) is 0 Å². The van der Waals surface area contributed by atoms with Gasteiger partial charge in [-0.3, -0.25) is 4.79 Å². The molecule has 1 amide bonds. The molecule has 1 saturated carbocycles. The van der Waals surface area contributed by atoms with Crippen molar-refractivity contribution in [3.8, 4) is 0 Å². The number of hydrogen-bond acceptors (Lipinski definition) is 2. The standard InChI is InChI=1S/C14H18FNO2/c1-9-7-10(5-6-12(9)15)8-16-14(18)11-3-2-4-13(11)17/h5-7,11,13,17H,2-4,8H2,1H3,(H,16,18). The van der Waals surface area contributed by atoms with E-state index in [2.05, 4.69) is 5.32 Å². The van der Waals surface area contributed by atoms with Crippen LogP contribution in [0.15, 0.2) is 18.2 Å². The number of hydrogen-bond donors (Lipinski definition) is 2. The average Bonchev–Trinajstić information content (AvgIpc) is 2.77. The molecule has 0 aliphatic heterocycles. The minimum atomic E-state index is -0.514. The van der Waals surface area contributed by atoms with Crippen molar-refractivity contribution < 1.29 is 14.3 Å². The lowest BCUT2D eigenvalue weighted by Crippen LogP contribution is -2.34. The van der Waals surface area contributed by atoms with E-state index in [1.54, 1.807) is 19.1 Å². The van der Waals surface area contributed by atoms with Crippen molar-refractivity contribution in [3.63, 3.8) is 0 Å². The summed E-state index contributed by atoms with van der Waals surface area (Å²) in [5, 5.41) is 12.4. The first kappa shape index (κ1) is 13.0. The molecule has 98 valence electrons. The van der Waals surface area contributed by atoms with E-state index in [0.717, 1.165) is 18.4 Å². The molecule has 2 unspecified atom stereocenters. The van der Waals surface area contributed by atoms with Crippen molar-refractivity contribution in [1.82, 2.24) is 5.32 Å². The minimum absolute atomic E-state index is 0.109. The number of aliphatic hydroxyl groups excluding tert-OH is 1. The molecule has 0 aromatic heterocycles. The summed E-state index contributed by atoms with van der Waals surface area (Å²) in [5.74, 6) is -0.634. The molecule has 2 atom stereocenters. The Morgan fingerprint density at radius 1 is 1.50 bits per heavy atom. The van der Waals surface area contributed by atoms with Crippen molar-refractivity contribution in [2.45, 2.75) is 38.8 Å². The summed E-state index contributed by atoms with van der Waals surface area (Å²) in [6, 6.07) is 4.79. The molecule has 2 rings (SSSR count). The van der Waals surface area contributed by atoms with Crippen LogP contribution in [0, 0.1) is 18.7 Å². The summed E-state index contributed by atoms with van der Waals surface area (Å²) >= 11 is 0. The third kappa shape index (κ3) is 2.88. The molecular weight excluding hydrogens is 233 g/mol. The largest absolute Gasteiger partial charge is 0.392 e. The Labute approximate surface area is 106 Å². The number of amides is 1. The van der Waals surface area contributed by atoms with Gasteiger partial charge >= 0.3 is 0 Å². The van der Waals surface area contributed by atoms with Crippen LogP contribution in [0.4, 0.5) is 4.39 Å². The maximum Gasteiger partial charge on any atom is 0.225 e. The zero-order valence-electron chi connectivity index (χ0n) is 10.4. The topological polar surface area (TPSA) is 49.3 Å². The van der Waals surface area contributed by atoms with Crippen LogP contribution < -0.4 is 5.32 Å². The van der Waals surface area contributed by atoms with E-state index in [0.29, 0.717) is 18.5 Å². The molecule has 2 N–H and O–H groups in total. The van der Waals surface area contributed by atoms with Crippen LogP contribution in [-0.4, -0.2) is 17.1 Å². The molecule has 4 heteroatoms. The highest BCUT2D eigenvalue weighted by molar-refractivity contribution is 5.79. The molecular formula is C14H18FNO2. The van der Waals surface area contributed by atoms with Gasteiger partial charge in [0.2, 0.25) is 5.91 Å². The zero-order valence-corrected chi connectivity index (χ0v) is 10.4. The Morgan fingerprint density at radius 2 is 2.28 bits per heavy atom. The minimum Gasteiger partial charge on any atom is -0.392 e. The van der Waals surface area contributed by atoms with E-state index in [1.807, 2.05) is 0 Å². The van der Waals surface area contributed by atoms with Gasteiger partial charge in [0.05, 0.1) is 12.0 Å². The van der Waals surface area contributed by atoms with Crippen molar-refractivity contribution in [2.24, 2.45) is 5.92 Å². The SMILES string of the molecule is Cc1cc(CNC(=O)C2CCCC2O)ccc1F. The molecule has 1 aromatic rings. The van der Waals surface area contributed by atoms with E-state index in [-0.39, 0.29) is 17.6 Å². The second-order valence-electron chi connectivity index (χ2n) is 4.91. The lowest BCUT2D eigenvalue weighted by atomic mass is 10.0. The van der Waals surface area contributed by atoms with Gasteiger partial charge in [-0.1, -0.05) is 12.1 Å². The van der Waals surface area contributed by atoms with Crippen LogP contribution in [0.5, 0.6) is 0 Å². The van der Waals surface area contributed by atoms with Gasteiger partial charge < -0.3 is 10.4 Å². The molecule has 3 nitrogen and oxygen atoms in total. The van der Waals surface area contributed by atoms with Crippen molar-refractivity contribution in [2.75, 3.05) is 0 Å². The number of rotatable bonds is 3. The van der Waals surface area contributed by atoms with Crippen molar-refractivity contribution in [3.05, 3.63) is 35.1 Å². The summed E-state index contributed by atoms with van der Waals surface area (Å²) in [6.45, 7) is 2.07. The van der Waals surface area contributed by atoms with Gasteiger partial charge in [-0.2, -0.15) is 0 Å². The van der Waals surface area contributed by atoms with Gasteiger partial charge in [0, 0.05) is 6.54 Å². The molecule has 0 bridgehead atoms. The highest BCUT2D eigenvalue weighted by Crippen LogP contribution is 2.25. The van der Waals surface area contributed by atoms with Crippen LogP contribution in [0.1, 0.15) is 30.4 Å². The average molecular weight is 251 g/mol. The predicted octanol–water partition coefficient (Wildman–Crippen LogP) is 1.91. The molecule has 1 fully saturated rings. The van der Waals surface area contributed by atoms with Gasteiger partial charge in [0.1, 0.15) is 5.82 Å². The Balaban J connectivity index is 1.91. The zero-order chi connectivity index (χ0) is 13.1. The summed E-state index contributed by atoms with van der Waals surface area (Å²) in [5.41, 5.74) is 1.44. The van der Waals surface area contributed by atoms with Gasteiger partial charge in [-0.15, -0.1) is 0 Å². The number of benzene rings is 1. The number of halogens is 1. The Morgan fingerprint density at radius 3 is 2.89 bits per heavy atom. The van der Waals surface area contributed by atoms with E-state index in [1.165, 1.54) is 6.07 Å². The molecule has 0 heterocycles. The molecule has 1 aromatic carbocycles. The number of carbonyl (C=O) groups is 1. The third-order valence-electron chi connectivity index (χ3n) is 3.51. The number of nitrogens with one attached hydrogen (secondary N) is 1. The molecule has 1 aliphatic carbocycles. The Hall–Kier alpha value is -1.42. The Kier molecular flexibility index (Phi) is 3.97. The Bertz CT molecular complexity index is 447. The van der Waals surface area contributed by atoms with Crippen LogP contribution >= 0.6 is 0 Å². The van der Waals surface area contributed by atoms with Crippen LogP contribution in [0.2, 0.25) is 0 Å². The first-order valence-corrected chi connectivity index (χ1v) is 6.28. The number of aryl methyl sites for hydroxylation is 1. The monoisotopic (exact) mass is 251 g/mol. The third-order valence-corrected chi connectivity index (χ3v) is 3.51. The smallest absolute Gasteiger partial charge is 0.225 e. The van der Waals surface area contributed by atoms with E-state index in [4.69, 9.17) is 0 Å². The second-order valence-corrected chi connectivity index (χ2v) is 4.91. The van der Waals surface area contributed by atoms with Crippen molar-refractivity contribution >= 4 is 5.91 Å². The van der Waals surface area contributed by atoms with Gasteiger partial charge in [-0.25, -0.2) is 4.39 Å². The van der Waals surface area contributed by atoms with Crippen LogP contribution in [-0.2, 0) is 11.3 Å². The van der Waals surface area contributed by atoms with E-state index >= 15 is 0 Å². The maximum atomic E-state index is 13.1. The quantitative estimate of drug-likeness (QED) is 0.862. The highest BCUT2D eigenvalue weighted by atomic mass is 19.1. The lowest BCUT2D eigenvalue weighted by Gasteiger charge is -2.14. The first-order chi connectivity index (χ1) is 8.58. The maximum absolute atomic E-state index is 13.1. The van der Waals surface area contributed by atoms with E-state index in [9.17, 15) is 14.3 Å². The number of carbonyl (C=O) groups excluding carboxylic acids is 1. The fraction of sp³-hybridized carbons (Fsp3) is 0.500. The molecule has 1 aliphatic rings. The second kappa shape index (κ2) is 5.48. The van der Waals surface area contributed by atoms with E-state index < -0.39 is 6.10 Å². The molecule has 18 heavy (non-hydrogen) atoms. The van der Waals surface area contributed by atoms with Gasteiger partial charge in [0.25, 0.3) is 0 Å². The van der Waals surface area contributed by atoms with Crippen LogP contribution in [0.25, 0.3) is 0 Å². The fourth-order valence-corrected chi connectivity index (χ4v) is 2.38. The van der Waals surface area contributed by atoms with Gasteiger partial charge in [-0.05, 0) is 43.4 Å². The first-order valence-electron chi connectivity index (χ1n) is 6.28. The van der Waals surface area contributed by atoms with Crippen LogP contribution in [0.3, 0.4) is 0 Å².